The summed E-state index contributed by atoms with van der Waals surface area (Å²) >= 11 is 5.14. The van der Waals surface area contributed by atoms with Crippen LogP contribution in [-0.4, -0.2) is 38.0 Å². The summed E-state index contributed by atoms with van der Waals surface area (Å²) in [6, 6.07) is 5.85. The summed E-state index contributed by atoms with van der Waals surface area (Å²) in [6.07, 6.45) is 2.96. The van der Waals surface area contributed by atoms with Gasteiger partial charge in [-0.3, -0.25) is 15.2 Å². The summed E-state index contributed by atoms with van der Waals surface area (Å²) in [7, 11) is -0.175. The number of aromatic amines is 1. The van der Waals surface area contributed by atoms with E-state index in [-0.39, 0.29) is 23.6 Å². The first-order chi connectivity index (χ1) is 10.7. The van der Waals surface area contributed by atoms with Crippen molar-refractivity contribution in [1.29, 1.82) is 0 Å². The fourth-order valence-corrected chi connectivity index (χ4v) is 4.02. The fourth-order valence-electron chi connectivity index (χ4n) is 1.96. The number of carbonyl (C=O) groups is 1. The van der Waals surface area contributed by atoms with E-state index in [9.17, 15) is 4.79 Å². The Labute approximate surface area is 134 Å². The van der Waals surface area contributed by atoms with Gasteiger partial charge in [-0.1, -0.05) is 6.07 Å². The van der Waals surface area contributed by atoms with Gasteiger partial charge in [-0.05, 0) is 24.4 Å². The van der Waals surface area contributed by atoms with Crippen molar-refractivity contribution in [1.82, 2.24) is 20.5 Å². The molecule has 2 aromatic rings. The summed E-state index contributed by atoms with van der Waals surface area (Å²) in [5.41, 5.74) is 1.12. The van der Waals surface area contributed by atoms with E-state index in [0.29, 0.717) is 10.1 Å². The zero-order chi connectivity index (χ0) is 15.4. The zero-order valence-electron chi connectivity index (χ0n) is 11.4. The van der Waals surface area contributed by atoms with Gasteiger partial charge in [-0.25, -0.2) is 4.98 Å². The molecular weight excluding hydrogens is 324 g/mol. The van der Waals surface area contributed by atoms with Crippen LogP contribution in [0.15, 0.2) is 30.9 Å². The Morgan fingerprint density at radius 1 is 1.32 bits per heavy atom. The Morgan fingerprint density at radius 3 is 2.82 bits per heavy atom. The van der Waals surface area contributed by atoms with Crippen LogP contribution in [0.25, 0.3) is 0 Å². The Balaban J connectivity index is 0.000000246. The normalized spacial score (nSPS) is 18.6. The number of hydrogen-bond donors (Lipinski definition) is 2. The van der Waals surface area contributed by atoms with Gasteiger partial charge < -0.3 is 9.47 Å². The Kier molecular flexibility index (Phi) is 4.54. The monoisotopic (exact) mass is 337 g/mol. The van der Waals surface area contributed by atoms with E-state index in [2.05, 4.69) is 20.5 Å². The third kappa shape index (κ3) is 3.55. The van der Waals surface area contributed by atoms with Crippen LogP contribution >= 0.6 is 12.2 Å². The van der Waals surface area contributed by atoms with Gasteiger partial charge in [0.25, 0.3) is 10.2 Å². The lowest BCUT2D eigenvalue weighted by atomic mass is 10.2. The quantitative estimate of drug-likeness (QED) is 0.621. The van der Waals surface area contributed by atoms with E-state index < -0.39 is 0 Å². The number of nitrogens with zero attached hydrogens (tertiary/aromatic N) is 2. The number of benzene rings is 1. The molecule has 7 nitrogen and oxygen atoms in total. The lowest BCUT2D eigenvalue weighted by molar-refractivity contribution is -0.116. The topological polar surface area (TPSA) is 89.1 Å². The molecule has 1 amide bonds. The van der Waals surface area contributed by atoms with Gasteiger partial charge >= 0.3 is 0 Å². The molecule has 1 aromatic carbocycles. The van der Waals surface area contributed by atoms with Gasteiger partial charge in [0.1, 0.15) is 18.4 Å². The van der Waals surface area contributed by atoms with Crippen molar-refractivity contribution in [3.63, 3.8) is 0 Å². The van der Waals surface area contributed by atoms with Crippen LogP contribution in [0.5, 0.6) is 11.5 Å². The second kappa shape index (κ2) is 6.75. The summed E-state index contributed by atoms with van der Waals surface area (Å²) in [6.45, 7) is 0.281. The standard InChI is InChI=1S/C11H9NO3S2.C2H3N3/c13-10-5-17(11(16)12-10)4-7-1-2-8-9(3-7)15-6-14-8;1-3-2-5-4-1/h1-3H,4-6H2;1-2H,(H,3,4,5)/p+1. The number of thiocarbonyl (C=S) groups is 1. The van der Waals surface area contributed by atoms with Crippen molar-refractivity contribution < 1.29 is 14.3 Å². The molecule has 0 spiro atoms. The van der Waals surface area contributed by atoms with E-state index in [4.69, 9.17) is 21.7 Å². The van der Waals surface area contributed by atoms with Crippen LogP contribution < -0.4 is 14.8 Å². The Bertz CT molecular complexity index is 661. The summed E-state index contributed by atoms with van der Waals surface area (Å²) < 4.78 is 11.2. The first-order valence-corrected chi connectivity index (χ1v) is 8.38. The van der Waals surface area contributed by atoms with E-state index in [1.807, 2.05) is 18.2 Å². The molecule has 3 heterocycles. The second-order valence-corrected chi connectivity index (χ2v) is 7.09. The van der Waals surface area contributed by atoms with Crippen LogP contribution in [-0.2, 0) is 21.4 Å². The second-order valence-electron chi connectivity index (χ2n) is 4.46. The van der Waals surface area contributed by atoms with Crippen molar-refractivity contribution in [2.45, 2.75) is 5.75 Å². The summed E-state index contributed by atoms with van der Waals surface area (Å²) in [5, 5.41) is 8.67. The molecule has 1 saturated heterocycles. The molecular formula is C13H13N4O3S2+. The number of rotatable bonds is 2. The molecule has 0 saturated carbocycles. The number of aromatic nitrogens is 3. The molecule has 114 valence electrons. The van der Waals surface area contributed by atoms with Crippen molar-refractivity contribution in [2.75, 3.05) is 12.5 Å². The lowest BCUT2D eigenvalue weighted by Gasteiger charge is -2.01. The SMILES string of the molecule is O=C1C[S+](Cc2ccc3c(c2)OCO3)C(=S)N1.c1nc[nH]n1. The smallest absolute Gasteiger partial charge is 0.295 e. The number of carbonyl (C=O) groups excluding carboxylic acids is 1. The molecule has 1 unspecified atom stereocenters. The van der Waals surface area contributed by atoms with E-state index in [1.165, 1.54) is 12.7 Å². The minimum absolute atomic E-state index is 0.0269. The Morgan fingerprint density at radius 2 is 2.18 bits per heavy atom. The van der Waals surface area contributed by atoms with Gasteiger partial charge in [-0.2, -0.15) is 5.10 Å². The number of ether oxygens (including phenoxy) is 2. The number of fused-ring (bicyclic) bond motifs is 1. The third-order valence-corrected chi connectivity index (χ3v) is 5.65. The molecule has 2 aliphatic rings. The zero-order valence-corrected chi connectivity index (χ0v) is 13.1. The highest BCUT2D eigenvalue weighted by Crippen LogP contribution is 2.33. The van der Waals surface area contributed by atoms with Gasteiger partial charge in [0, 0.05) is 5.56 Å². The molecule has 1 aromatic heterocycles. The predicted octanol–water partition coefficient (Wildman–Crippen LogP) is 0.753. The third-order valence-electron chi connectivity index (χ3n) is 2.92. The Hall–Kier alpha value is -2.13. The molecule has 2 N–H and O–H groups in total. The number of hydrogen-bond acceptors (Lipinski definition) is 6. The van der Waals surface area contributed by atoms with Gasteiger partial charge in [0.2, 0.25) is 6.79 Å². The molecule has 0 bridgehead atoms. The van der Waals surface area contributed by atoms with Crippen LogP contribution in [0.3, 0.4) is 0 Å². The van der Waals surface area contributed by atoms with Crippen molar-refractivity contribution >= 4 is 33.3 Å². The molecule has 2 aliphatic heterocycles. The highest BCUT2D eigenvalue weighted by molar-refractivity contribution is 8.21. The van der Waals surface area contributed by atoms with E-state index in [1.54, 1.807) is 0 Å². The van der Waals surface area contributed by atoms with E-state index >= 15 is 0 Å². The van der Waals surface area contributed by atoms with Crippen molar-refractivity contribution in [3.05, 3.63) is 36.4 Å². The first-order valence-electron chi connectivity index (χ1n) is 6.41. The average molecular weight is 337 g/mol. The highest BCUT2D eigenvalue weighted by Gasteiger charge is 2.37. The molecule has 9 heteroatoms. The fraction of sp³-hybridized carbons (Fsp3) is 0.231. The highest BCUT2D eigenvalue weighted by atomic mass is 32.2. The molecule has 1 fully saturated rings. The van der Waals surface area contributed by atoms with Crippen molar-refractivity contribution in [2.24, 2.45) is 0 Å². The largest absolute Gasteiger partial charge is 0.454 e. The maximum atomic E-state index is 11.2. The summed E-state index contributed by atoms with van der Waals surface area (Å²) in [4.78, 5) is 14.8. The maximum Gasteiger partial charge on any atom is 0.295 e. The van der Waals surface area contributed by atoms with Gasteiger partial charge in [-0.15, -0.1) is 0 Å². The summed E-state index contributed by atoms with van der Waals surface area (Å²) in [5.74, 6) is 2.87. The van der Waals surface area contributed by atoms with Crippen LogP contribution in [0.4, 0.5) is 0 Å². The minimum Gasteiger partial charge on any atom is -0.454 e. The molecule has 1 atom stereocenters. The van der Waals surface area contributed by atoms with E-state index in [0.717, 1.165) is 22.8 Å². The van der Waals surface area contributed by atoms with Crippen LogP contribution in [0, 0.1) is 0 Å². The van der Waals surface area contributed by atoms with Gasteiger partial charge in [0.15, 0.2) is 17.3 Å². The van der Waals surface area contributed by atoms with Gasteiger partial charge in [0.05, 0.1) is 10.9 Å². The van der Waals surface area contributed by atoms with Crippen LogP contribution in [0.2, 0.25) is 0 Å². The number of amides is 1. The lowest BCUT2D eigenvalue weighted by Crippen LogP contribution is -2.20. The average Bonchev–Trinajstić information content (AvgIpc) is 3.23. The maximum absolute atomic E-state index is 11.2. The molecule has 0 aliphatic carbocycles. The first kappa shape index (κ1) is 14.8. The molecule has 4 rings (SSSR count). The van der Waals surface area contributed by atoms with Crippen molar-refractivity contribution in [3.8, 4) is 11.5 Å². The molecule has 22 heavy (non-hydrogen) atoms. The minimum atomic E-state index is -0.175. The molecule has 0 radical (unpaired) electrons. The number of nitrogens with one attached hydrogen (secondary N) is 2. The number of H-pyrrole nitrogens is 1. The predicted molar refractivity (Wildman–Crippen MR) is 85.6 cm³/mol. The van der Waals surface area contributed by atoms with Crippen LogP contribution in [0.1, 0.15) is 5.56 Å².